The maximum absolute atomic E-state index is 4.35. The Labute approximate surface area is 159 Å². The van der Waals surface area contributed by atoms with Crippen molar-refractivity contribution < 1.29 is 0 Å². The molecule has 1 aliphatic rings. The van der Waals surface area contributed by atoms with Gasteiger partial charge in [-0.2, -0.15) is 11.3 Å². The molecule has 0 saturated heterocycles. The van der Waals surface area contributed by atoms with Crippen molar-refractivity contribution in [2.75, 3.05) is 13.6 Å². The summed E-state index contributed by atoms with van der Waals surface area (Å²) >= 11 is 1.75. The second-order valence-electron chi connectivity index (χ2n) is 5.91. The Hall–Kier alpha value is -1.08. The average Bonchev–Trinajstić information content (AvgIpc) is 3.10. The van der Waals surface area contributed by atoms with Crippen LogP contribution in [0.5, 0.6) is 0 Å². The van der Waals surface area contributed by atoms with E-state index >= 15 is 0 Å². The largest absolute Gasteiger partial charge is 0.356 e. The summed E-state index contributed by atoms with van der Waals surface area (Å²) < 4.78 is 0. The summed E-state index contributed by atoms with van der Waals surface area (Å²) in [5, 5.41) is 11.3. The highest BCUT2D eigenvalue weighted by Crippen LogP contribution is 2.40. The molecule has 0 radical (unpaired) electrons. The van der Waals surface area contributed by atoms with Crippen LogP contribution in [0.25, 0.3) is 0 Å². The predicted molar refractivity (Wildman–Crippen MR) is 110 cm³/mol. The smallest absolute Gasteiger partial charge is 0.191 e. The molecule has 3 atom stereocenters. The lowest BCUT2D eigenvalue weighted by Crippen LogP contribution is -2.40. The Bertz CT molecular complexity index is 612. The van der Waals surface area contributed by atoms with Crippen molar-refractivity contribution in [1.82, 2.24) is 10.6 Å². The number of nitrogens with one attached hydrogen (secondary N) is 2. The Morgan fingerprint density at radius 1 is 1.30 bits per heavy atom. The van der Waals surface area contributed by atoms with Crippen LogP contribution < -0.4 is 10.6 Å². The Morgan fingerprint density at radius 3 is 2.74 bits per heavy atom. The van der Waals surface area contributed by atoms with E-state index in [-0.39, 0.29) is 24.0 Å². The van der Waals surface area contributed by atoms with E-state index in [2.05, 4.69) is 69.7 Å². The SMILES string of the molecule is CN=C(NCC(C)c1ccsc1)NC1CC1c1ccccc1.I. The second-order valence-corrected chi connectivity index (χ2v) is 6.69. The van der Waals surface area contributed by atoms with E-state index in [9.17, 15) is 0 Å². The molecule has 3 unspecified atom stereocenters. The number of halogens is 1. The van der Waals surface area contributed by atoms with Gasteiger partial charge in [0.25, 0.3) is 0 Å². The summed E-state index contributed by atoms with van der Waals surface area (Å²) in [7, 11) is 1.84. The zero-order valence-corrected chi connectivity index (χ0v) is 16.7. The van der Waals surface area contributed by atoms with Crippen molar-refractivity contribution in [1.29, 1.82) is 0 Å². The van der Waals surface area contributed by atoms with E-state index < -0.39 is 0 Å². The van der Waals surface area contributed by atoms with Crippen molar-refractivity contribution in [2.45, 2.75) is 31.2 Å². The molecule has 0 spiro atoms. The van der Waals surface area contributed by atoms with E-state index in [0.717, 1.165) is 12.5 Å². The van der Waals surface area contributed by atoms with Gasteiger partial charge in [0, 0.05) is 25.6 Å². The van der Waals surface area contributed by atoms with Crippen molar-refractivity contribution in [3.8, 4) is 0 Å². The molecule has 1 aliphatic carbocycles. The van der Waals surface area contributed by atoms with E-state index in [4.69, 9.17) is 0 Å². The third-order valence-electron chi connectivity index (χ3n) is 4.25. The van der Waals surface area contributed by atoms with Crippen LogP contribution in [0.3, 0.4) is 0 Å². The van der Waals surface area contributed by atoms with Crippen LogP contribution in [0, 0.1) is 0 Å². The maximum atomic E-state index is 4.35. The lowest BCUT2D eigenvalue weighted by Gasteiger charge is -2.15. The fourth-order valence-corrected chi connectivity index (χ4v) is 3.50. The van der Waals surface area contributed by atoms with E-state index in [0.29, 0.717) is 17.9 Å². The molecule has 23 heavy (non-hydrogen) atoms. The maximum Gasteiger partial charge on any atom is 0.191 e. The van der Waals surface area contributed by atoms with Gasteiger partial charge in [-0.3, -0.25) is 4.99 Å². The number of nitrogens with zero attached hydrogens (tertiary/aromatic N) is 1. The average molecular weight is 441 g/mol. The van der Waals surface area contributed by atoms with Crippen LogP contribution in [-0.4, -0.2) is 25.6 Å². The van der Waals surface area contributed by atoms with Crippen LogP contribution >= 0.6 is 35.3 Å². The van der Waals surface area contributed by atoms with Gasteiger partial charge in [0.2, 0.25) is 0 Å². The minimum absolute atomic E-state index is 0. The molecule has 0 amide bonds. The zero-order valence-electron chi connectivity index (χ0n) is 13.5. The molecule has 1 saturated carbocycles. The molecule has 0 aliphatic heterocycles. The van der Waals surface area contributed by atoms with Crippen LogP contribution in [0.15, 0.2) is 52.2 Å². The number of aliphatic imine (C=N–C) groups is 1. The molecule has 2 N–H and O–H groups in total. The monoisotopic (exact) mass is 441 g/mol. The van der Waals surface area contributed by atoms with E-state index in [1.54, 1.807) is 11.3 Å². The molecule has 1 aromatic heterocycles. The predicted octanol–water partition coefficient (Wildman–Crippen LogP) is 4.19. The highest BCUT2D eigenvalue weighted by molar-refractivity contribution is 14.0. The molecular formula is C18H24IN3S. The Kier molecular flexibility index (Phi) is 6.89. The molecule has 124 valence electrons. The summed E-state index contributed by atoms with van der Waals surface area (Å²) in [6.45, 7) is 3.14. The number of benzene rings is 1. The van der Waals surface area contributed by atoms with Gasteiger partial charge in [0.05, 0.1) is 0 Å². The lowest BCUT2D eigenvalue weighted by atomic mass is 10.1. The molecule has 3 rings (SSSR count). The van der Waals surface area contributed by atoms with Crippen LogP contribution in [0.2, 0.25) is 0 Å². The third-order valence-corrected chi connectivity index (χ3v) is 4.95. The molecule has 1 heterocycles. The molecule has 3 nitrogen and oxygen atoms in total. The highest BCUT2D eigenvalue weighted by atomic mass is 127. The lowest BCUT2D eigenvalue weighted by molar-refractivity contribution is 0.697. The Balaban J connectivity index is 0.00000192. The number of guanidine groups is 1. The summed E-state index contributed by atoms with van der Waals surface area (Å²) in [6.07, 6.45) is 1.19. The van der Waals surface area contributed by atoms with Crippen LogP contribution in [0.4, 0.5) is 0 Å². The second kappa shape index (κ2) is 8.68. The summed E-state index contributed by atoms with van der Waals surface area (Å²) in [5.74, 6) is 2.02. The third kappa shape index (κ3) is 4.94. The van der Waals surface area contributed by atoms with Gasteiger partial charge < -0.3 is 10.6 Å². The Morgan fingerprint density at radius 2 is 2.09 bits per heavy atom. The summed E-state index contributed by atoms with van der Waals surface area (Å²) in [6, 6.07) is 13.4. The van der Waals surface area contributed by atoms with Gasteiger partial charge in [-0.15, -0.1) is 24.0 Å². The molecular weight excluding hydrogens is 417 g/mol. The highest BCUT2D eigenvalue weighted by Gasteiger charge is 2.38. The number of hydrogen-bond donors (Lipinski definition) is 2. The first-order valence-corrected chi connectivity index (χ1v) is 8.76. The van der Waals surface area contributed by atoms with Gasteiger partial charge in [0.15, 0.2) is 5.96 Å². The zero-order chi connectivity index (χ0) is 15.4. The minimum atomic E-state index is 0. The van der Waals surface area contributed by atoms with Gasteiger partial charge in [-0.05, 0) is 40.3 Å². The number of thiophene rings is 1. The first kappa shape index (κ1) is 18.3. The number of hydrogen-bond acceptors (Lipinski definition) is 2. The first-order valence-electron chi connectivity index (χ1n) is 7.82. The molecule has 1 aromatic carbocycles. The normalized spacial score (nSPS) is 21.2. The van der Waals surface area contributed by atoms with Gasteiger partial charge in [-0.25, -0.2) is 0 Å². The van der Waals surface area contributed by atoms with Crippen molar-refractivity contribution in [2.24, 2.45) is 4.99 Å². The van der Waals surface area contributed by atoms with Gasteiger partial charge in [-0.1, -0.05) is 37.3 Å². The molecule has 0 bridgehead atoms. The van der Waals surface area contributed by atoms with Gasteiger partial charge in [0.1, 0.15) is 0 Å². The van der Waals surface area contributed by atoms with Crippen LogP contribution in [-0.2, 0) is 0 Å². The summed E-state index contributed by atoms with van der Waals surface area (Å²) in [5.41, 5.74) is 2.81. The fourth-order valence-electron chi connectivity index (χ4n) is 2.72. The topological polar surface area (TPSA) is 36.4 Å². The summed E-state index contributed by atoms with van der Waals surface area (Å²) in [4.78, 5) is 4.35. The quantitative estimate of drug-likeness (QED) is 0.415. The van der Waals surface area contributed by atoms with Gasteiger partial charge >= 0.3 is 0 Å². The molecule has 5 heteroatoms. The first-order chi connectivity index (χ1) is 10.8. The van der Waals surface area contributed by atoms with E-state index in [1.165, 1.54) is 17.5 Å². The van der Waals surface area contributed by atoms with Crippen LogP contribution in [0.1, 0.15) is 36.3 Å². The fraction of sp³-hybridized carbons (Fsp3) is 0.389. The van der Waals surface area contributed by atoms with Crippen molar-refractivity contribution in [3.05, 3.63) is 58.3 Å². The van der Waals surface area contributed by atoms with Crippen molar-refractivity contribution in [3.63, 3.8) is 0 Å². The molecule has 2 aromatic rings. The molecule has 1 fully saturated rings. The minimum Gasteiger partial charge on any atom is -0.356 e. The van der Waals surface area contributed by atoms with E-state index in [1.807, 2.05) is 7.05 Å². The standard InChI is InChI=1S/C18H23N3S.HI/c1-13(15-8-9-22-12-15)11-20-18(19-2)21-17-10-16(17)14-6-4-3-5-7-14;/h3-9,12-13,16-17H,10-11H2,1-2H3,(H2,19,20,21);1H. The number of rotatable bonds is 5. The van der Waals surface area contributed by atoms with Crippen molar-refractivity contribution >= 4 is 41.3 Å².